The van der Waals surface area contributed by atoms with E-state index in [0.717, 1.165) is 25.7 Å². The summed E-state index contributed by atoms with van der Waals surface area (Å²) in [6, 6.07) is 0. The molecule has 2 nitrogen and oxygen atoms in total. The lowest BCUT2D eigenvalue weighted by molar-refractivity contribution is 0.0826. The van der Waals surface area contributed by atoms with Gasteiger partial charge in [-0.3, -0.25) is 0 Å². The predicted octanol–water partition coefficient (Wildman–Crippen LogP) is 7.42. The molecule has 150 valence electrons. The zero-order valence-electron chi connectivity index (χ0n) is 18.3. The quantitative estimate of drug-likeness (QED) is 0.531. The fourth-order valence-electron chi connectivity index (χ4n) is 5.99. The van der Waals surface area contributed by atoms with Gasteiger partial charge in [0.2, 0.25) is 0 Å². The van der Waals surface area contributed by atoms with Crippen LogP contribution in [0.5, 0.6) is 0 Å². The molecule has 0 heterocycles. The fraction of sp³-hybridized carbons (Fsp3) is 0.680. The van der Waals surface area contributed by atoms with Crippen LogP contribution in [0.1, 0.15) is 80.6 Å². The monoisotopic (exact) mass is 370 g/mol. The standard InChI is InChI=1S/C25H38O2/c1-17-12-22(2,3)16-25(13-17,18-8-10-20(26)23(4,5)14-18)19-9-11-21(27)24(6,7)15-19/h8-11,17,26-27H,12-16H2,1-7H3. The molecule has 1 atom stereocenters. The lowest BCUT2D eigenvalue weighted by Crippen LogP contribution is -2.42. The molecule has 3 rings (SSSR count). The van der Waals surface area contributed by atoms with Crippen LogP contribution in [0.2, 0.25) is 0 Å². The van der Waals surface area contributed by atoms with Gasteiger partial charge in [0.25, 0.3) is 0 Å². The summed E-state index contributed by atoms with van der Waals surface area (Å²) in [4.78, 5) is 0. The van der Waals surface area contributed by atoms with Crippen LogP contribution in [-0.4, -0.2) is 10.2 Å². The third-order valence-corrected chi connectivity index (χ3v) is 7.14. The van der Waals surface area contributed by atoms with Gasteiger partial charge in [-0.15, -0.1) is 0 Å². The molecule has 0 spiro atoms. The van der Waals surface area contributed by atoms with Crippen LogP contribution >= 0.6 is 0 Å². The van der Waals surface area contributed by atoms with Crippen molar-refractivity contribution in [2.45, 2.75) is 80.6 Å². The SMILES string of the molecule is CC1CC(C)(C)CC(C2=CC=C(O)C(C)(C)C2)(C2=CC=C(O)C(C)(C)C2)C1. The number of aliphatic hydroxyl groups excluding tert-OH is 2. The van der Waals surface area contributed by atoms with Crippen molar-refractivity contribution < 1.29 is 10.2 Å². The summed E-state index contributed by atoms with van der Waals surface area (Å²) in [5, 5.41) is 20.8. The summed E-state index contributed by atoms with van der Waals surface area (Å²) in [5.74, 6) is 1.63. The Morgan fingerprint density at radius 1 is 0.741 bits per heavy atom. The highest BCUT2D eigenvalue weighted by Gasteiger charge is 2.50. The van der Waals surface area contributed by atoms with Gasteiger partial charge in [-0.05, 0) is 55.6 Å². The molecule has 0 aliphatic heterocycles. The van der Waals surface area contributed by atoms with E-state index >= 15 is 0 Å². The normalized spacial score (nSPS) is 31.3. The minimum atomic E-state index is -0.218. The maximum absolute atomic E-state index is 10.4. The van der Waals surface area contributed by atoms with Gasteiger partial charge >= 0.3 is 0 Å². The Morgan fingerprint density at radius 3 is 1.56 bits per heavy atom. The highest BCUT2D eigenvalue weighted by atomic mass is 16.3. The first-order valence-corrected chi connectivity index (χ1v) is 10.5. The van der Waals surface area contributed by atoms with E-state index in [1.165, 1.54) is 17.6 Å². The Hall–Kier alpha value is -1.44. The lowest BCUT2D eigenvalue weighted by Gasteiger charge is -2.53. The Labute approximate surface area is 165 Å². The van der Waals surface area contributed by atoms with E-state index in [-0.39, 0.29) is 21.7 Å². The fourth-order valence-corrected chi connectivity index (χ4v) is 5.99. The molecule has 0 radical (unpaired) electrons. The zero-order chi connectivity index (χ0) is 20.3. The van der Waals surface area contributed by atoms with Crippen molar-refractivity contribution in [1.82, 2.24) is 0 Å². The van der Waals surface area contributed by atoms with Gasteiger partial charge in [0.05, 0.1) is 11.5 Å². The summed E-state index contributed by atoms with van der Waals surface area (Å²) in [6.45, 7) is 15.8. The number of aliphatic hydroxyl groups is 2. The van der Waals surface area contributed by atoms with Crippen LogP contribution in [0.25, 0.3) is 0 Å². The molecule has 0 saturated heterocycles. The first-order chi connectivity index (χ1) is 12.3. The van der Waals surface area contributed by atoms with E-state index in [2.05, 4.69) is 60.6 Å². The Kier molecular flexibility index (Phi) is 4.73. The van der Waals surface area contributed by atoms with Crippen molar-refractivity contribution in [1.29, 1.82) is 0 Å². The zero-order valence-corrected chi connectivity index (χ0v) is 18.3. The molecule has 2 N–H and O–H groups in total. The van der Waals surface area contributed by atoms with Gasteiger partial charge in [-0.2, -0.15) is 0 Å². The molecule has 1 unspecified atom stereocenters. The average molecular weight is 371 g/mol. The van der Waals surface area contributed by atoms with Crippen LogP contribution in [0.4, 0.5) is 0 Å². The van der Waals surface area contributed by atoms with E-state index in [1.54, 1.807) is 0 Å². The number of rotatable bonds is 2. The second kappa shape index (κ2) is 6.29. The molecule has 1 saturated carbocycles. The summed E-state index contributed by atoms with van der Waals surface area (Å²) in [6.07, 6.45) is 13.6. The minimum Gasteiger partial charge on any atom is -0.512 e. The average Bonchev–Trinajstić information content (AvgIpc) is 2.50. The van der Waals surface area contributed by atoms with Crippen molar-refractivity contribution in [2.75, 3.05) is 0 Å². The van der Waals surface area contributed by atoms with Gasteiger partial charge in [-0.25, -0.2) is 0 Å². The van der Waals surface area contributed by atoms with Crippen LogP contribution in [-0.2, 0) is 0 Å². The van der Waals surface area contributed by atoms with Gasteiger partial charge in [0, 0.05) is 16.2 Å². The topological polar surface area (TPSA) is 40.5 Å². The van der Waals surface area contributed by atoms with Crippen LogP contribution in [0.15, 0.2) is 47.0 Å². The molecule has 3 aliphatic carbocycles. The molecular weight excluding hydrogens is 332 g/mol. The molecule has 0 bridgehead atoms. The van der Waals surface area contributed by atoms with Gasteiger partial charge in [-0.1, -0.05) is 71.8 Å². The lowest BCUT2D eigenvalue weighted by atomic mass is 9.51. The van der Waals surface area contributed by atoms with E-state index in [4.69, 9.17) is 0 Å². The van der Waals surface area contributed by atoms with Crippen molar-refractivity contribution in [3.63, 3.8) is 0 Å². The molecule has 27 heavy (non-hydrogen) atoms. The van der Waals surface area contributed by atoms with Gasteiger partial charge < -0.3 is 10.2 Å². The van der Waals surface area contributed by atoms with E-state index < -0.39 is 0 Å². The van der Waals surface area contributed by atoms with Crippen molar-refractivity contribution >= 4 is 0 Å². The Morgan fingerprint density at radius 2 is 1.19 bits per heavy atom. The predicted molar refractivity (Wildman–Crippen MR) is 114 cm³/mol. The van der Waals surface area contributed by atoms with E-state index in [9.17, 15) is 10.2 Å². The van der Waals surface area contributed by atoms with Crippen molar-refractivity contribution in [3.05, 3.63) is 47.0 Å². The molecular formula is C25H38O2. The van der Waals surface area contributed by atoms with Crippen molar-refractivity contribution in [3.8, 4) is 0 Å². The molecule has 0 amide bonds. The summed E-state index contributed by atoms with van der Waals surface area (Å²) in [5.41, 5.74) is 2.78. The molecule has 0 aromatic rings. The maximum Gasteiger partial charge on any atom is 0.0981 e. The van der Waals surface area contributed by atoms with Crippen molar-refractivity contribution in [2.24, 2.45) is 27.6 Å². The van der Waals surface area contributed by atoms with Gasteiger partial charge in [0.1, 0.15) is 0 Å². The number of allylic oxidation sites excluding steroid dienone is 8. The van der Waals surface area contributed by atoms with E-state index in [1.807, 2.05) is 12.2 Å². The largest absolute Gasteiger partial charge is 0.512 e. The summed E-state index contributed by atoms with van der Waals surface area (Å²) >= 11 is 0. The second-order valence-corrected chi connectivity index (χ2v) is 11.5. The molecule has 0 aromatic heterocycles. The first kappa shape index (κ1) is 20.3. The van der Waals surface area contributed by atoms with Crippen LogP contribution in [0.3, 0.4) is 0 Å². The molecule has 3 aliphatic rings. The van der Waals surface area contributed by atoms with Gasteiger partial charge in [0.15, 0.2) is 0 Å². The minimum absolute atomic E-state index is 0.0180. The van der Waals surface area contributed by atoms with Crippen LogP contribution in [0, 0.1) is 27.6 Å². The third-order valence-electron chi connectivity index (χ3n) is 7.14. The Bertz CT molecular complexity index is 692. The Balaban J connectivity index is 2.15. The molecule has 2 heteroatoms. The van der Waals surface area contributed by atoms with Crippen LogP contribution < -0.4 is 0 Å². The first-order valence-electron chi connectivity index (χ1n) is 10.5. The smallest absolute Gasteiger partial charge is 0.0981 e. The number of hydrogen-bond acceptors (Lipinski definition) is 2. The summed E-state index contributed by atoms with van der Waals surface area (Å²) < 4.78 is 0. The summed E-state index contributed by atoms with van der Waals surface area (Å²) in [7, 11) is 0. The highest BCUT2D eigenvalue weighted by Crippen LogP contribution is 2.61. The highest BCUT2D eigenvalue weighted by molar-refractivity contribution is 5.42. The maximum atomic E-state index is 10.4. The number of hydrogen-bond donors (Lipinski definition) is 2. The molecule has 1 fully saturated rings. The third kappa shape index (κ3) is 3.65. The van der Waals surface area contributed by atoms with E-state index in [0.29, 0.717) is 17.4 Å². The molecule has 0 aromatic carbocycles. The second-order valence-electron chi connectivity index (χ2n) is 11.5.